The summed E-state index contributed by atoms with van der Waals surface area (Å²) >= 11 is 0. The zero-order valence-electron chi connectivity index (χ0n) is 8.01. The number of nitrogens with zero attached hydrogens (tertiary/aromatic N) is 3. The fourth-order valence-electron chi connectivity index (χ4n) is 0.956. The van der Waals surface area contributed by atoms with Gasteiger partial charge in [0.05, 0.1) is 11.5 Å². The average molecular weight is 197 g/mol. The van der Waals surface area contributed by atoms with E-state index in [1.54, 1.807) is 6.92 Å². The maximum Gasteiger partial charge on any atom is 0.306 e. The fraction of sp³-hybridized carbons (Fsp3) is 0.500. The first-order valence-corrected chi connectivity index (χ1v) is 4.18. The predicted molar refractivity (Wildman–Crippen MR) is 48.7 cm³/mol. The van der Waals surface area contributed by atoms with Crippen LogP contribution < -0.4 is 0 Å². The van der Waals surface area contributed by atoms with E-state index in [0.29, 0.717) is 6.54 Å². The Morgan fingerprint density at radius 2 is 2.43 bits per heavy atom. The van der Waals surface area contributed by atoms with Crippen LogP contribution in [0.15, 0.2) is 12.4 Å². The van der Waals surface area contributed by atoms with Gasteiger partial charge in [0.25, 0.3) is 0 Å². The number of nitro groups is 1. The SMILES string of the molecule is CC(=O)[C@@H](C)Cn1cc([N+](=O)[O-])cn1. The molecular formula is C8H11N3O3. The highest BCUT2D eigenvalue weighted by Crippen LogP contribution is 2.09. The number of ketones is 1. The number of carbonyl (C=O) groups is 1. The van der Waals surface area contributed by atoms with Crippen molar-refractivity contribution in [3.05, 3.63) is 22.5 Å². The number of rotatable bonds is 4. The molecule has 0 fully saturated rings. The molecule has 0 aromatic carbocycles. The zero-order chi connectivity index (χ0) is 10.7. The highest BCUT2D eigenvalue weighted by molar-refractivity contribution is 5.77. The van der Waals surface area contributed by atoms with Crippen molar-refractivity contribution in [3.63, 3.8) is 0 Å². The molecule has 6 heteroatoms. The van der Waals surface area contributed by atoms with Crippen molar-refractivity contribution < 1.29 is 9.72 Å². The fourth-order valence-corrected chi connectivity index (χ4v) is 0.956. The summed E-state index contributed by atoms with van der Waals surface area (Å²) in [6, 6.07) is 0. The molecule has 0 aliphatic carbocycles. The molecule has 0 radical (unpaired) electrons. The highest BCUT2D eigenvalue weighted by Gasteiger charge is 2.12. The van der Waals surface area contributed by atoms with E-state index in [1.807, 2.05) is 0 Å². The minimum atomic E-state index is -0.512. The first-order valence-electron chi connectivity index (χ1n) is 4.18. The molecule has 0 spiro atoms. The highest BCUT2D eigenvalue weighted by atomic mass is 16.6. The maximum atomic E-state index is 10.9. The maximum absolute atomic E-state index is 10.9. The summed E-state index contributed by atoms with van der Waals surface area (Å²) in [5.41, 5.74) is -0.0549. The number of aromatic nitrogens is 2. The molecule has 0 saturated carbocycles. The number of carbonyl (C=O) groups excluding carboxylic acids is 1. The molecule has 1 aromatic heterocycles. The second-order valence-electron chi connectivity index (χ2n) is 3.19. The third-order valence-corrected chi connectivity index (χ3v) is 1.99. The Morgan fingerprint density at radius 1 is 1.79 bits per heavy atom. The van der Waals surface area contributed by atoms with Crippen molar-refractivity contribution in [3.8, 4) is 0 Å². The summed E-state index contributed by atoms with van der Waals surface area (Å²) < 4.78 is 1.41. The van der Waals surface area contributed by atoms with Crippen LogP contribution in [0.5, 0.6) is 0 Å². The Kier molecular flexibility index (Phi) is 2.95. The van der Waals surface area contributed by atoms with Crippen LogP contribution in [0.1, 0.15) is 13.8 Å². The Balaban J connectivity index is 2.69. The monoisotopic (exact) mass is 197 g/mol. The molecule has 0 bridgehead atoms. The predicted octanol–water partition coefficient (Wildman–Crippen LogP) is 1.02. The van der Waals surface area contributed by atoms with Crippen LogP contribution in [-0.4, -0.2) is 20.5 Å². The zero-order valence-corrected chi connectivity index (χ0v) is 8.01. The molecule has 1 atom stereocenters. The van der Waals surface area contributed by atoms with Gasteiger partial charge in [-0.15, -0.1) is 0 Å². The van der Waals surface area contributed by atoms with E-state index in [9.17, 15) is 14.9 Å². The minimum Gasteiger partial charge on any atom is -0.300 e. The van der Waals surface area contributed by atoms with E-state index in [-0.39, 0.29) is 17.4 Å². The van der Waals surface area contributed by atoms with Gasteiger partial charge in [-0.2, -0.15) is 5.10 Å². The van der Waals surface area contributed by atoms with Gasteiger partial charge in [-0.3, -0.25) is 19.6 Å². The van der Waals surface area contributed by atoms with E-state index in [2.05, 4.69) is 5.10 Å². The normalized spacial score (nSPS) is 12.4. The third kappa shape index (κ3) is 2.38. The van der Waals surface area contributed by atoms with E-state index < -0.39 is 4.92 Å². The Bertz CT molecular complexity index is 358. The largest absolute Gasteiger partial charge is 0.306 e. The third-order valence-electron chi connectivity index (χ3n) is 1.99. The number of hydrogen-bond donors (Lipinski definition) is 0. The minimum absolute atomic E-state index is 0.0446. The van der Waals surface area contributed by atoms with E-state index in [0.717, 1.165) is 0 Å². The van der Waals surface area contributed by atoms with Crippen molar-refractivity contribution in [2.24, 2.45) is 5.92 Å². The van der Waals surface area contributed by atoms with Crippen LogP contribution >= 0.6 is 0 Å². The van der Waals surface area contributed by atoms with Gasteiger partial charge in [-0.05, 0) is 6.92 Å². The molecule has 14 heavy (non-hydrogen) atoms. The van der Waals surface area contributed by atoms with Crippen LogP contribution in [0.3, 0.4) is 0 Å². The molecule has 0 saturated heterocycles. The summed E-state index contributed by atoms with van der Waals surface area (Å²) in [7, 11) is 0. The van der Waals surface area contributed by atoms with Gasteiger partial charge >= 0.3 is 5.69 Å². The molecule has 0 aliphatic rings. The topological polar surface area (TPSA) is 78.0 Å². The van der Waals surface area contributed by atoms with Crippen LogP contribution in [0.2, 0.25) is 0 Å². The molecule has 1 heterocycles. The average Bonchev–Trinajstić information content (AvgIpc) is 2.52. The van der Waals surface area contributed by atoms with Crippen molar-refractivity contribution in [2.75, 3.05) is 0 Å². The van der Waals surface area contributed by atoms with Crippen LogP contribution in [0.4, 0.5) is 5.69 Å². The van der Waals surface area contributed by atoms with Crippen molar-refractivity contribution in [1.82, 2.24) is 9.78 Å². The molecule has 0 N–H and O–H groups in total. The van der Waals surface area contributed by atoms with Crippen molar-refractivity contribution >= 4 is 11.5 Å². The van der Waals surface area contributed by atoms with Crippen molar-refractivity contribution in [1.29, 1.82) is 0 Å². The summed E-state index contributed by atoms with van der Waals surface area (Å²) in [6.45, 7) is 3.63. The van der Waals surface area contributed by atoms with Gasteiger partial charge in [0, 0.05) is 5.92 Å². The molecule has 0 amide bonds. The lowest BCUT2D eigenvalue weighted by molar-refractivity contribution is -0.385. The van der Waals surface area contributed by atoms with Gasteiger partial charge < -0.3 is 0 Å². The van der Waals surface area contributed by atoms with E-state index in [1.165, 1.54) is 24.0 Å². The first kappa shape index (κ1) is 10.4. The second kappa shape index (κ2) is 3.99. The van der Waals surface area contributed by atoms with Crippen LogP contribution in [-0.2, 0) is 11.3 Å². The van der Waals surface area contributed by atoms with Gasteiger partial charge in [0.1, 0.15) is 18.2 Å². The number of hydrogen-bond acceptors (Lipinski definition) is 4. The number of Topliss-reactive ketones (excluding diaryl/α,β-unsaturated/α-hetero) is 1. The quantitative estimate of drug-likeness (QED) is 0.533. The van der Waals surface area contributed by atoms with E-state index >= 15 is 0 Å². The van der Waals surface area contributed by atoms with Crippen molar-refractivity contribution in [2.45, 2.75) is 20.4 Å². The summed E-state index contributed by atoms with van der Waals surface area (Å²) in [5.74, 6) is -0.127. The molecule has 1 rings (SSSR count). The second-order valence-corrected chi connectivity index (χ2v) is 3.19. The Morgan fingerprint density at radius 3 is 2.86 bits per heavy atom. The summed E-state index contributed by atoms with van der Waals surface area (Å²) in [6.07, 6.45) is 2.49. The molecule has 76 valence electrons. The van der Waals surface area contributed by atoms with Crippen LogP contribution in [0, 0.1) is 16.0 Å². The molecule has 6 nitrogen and oxygen atoms in total. The Labute approximate surface area is 80.7 Å². The lowest BCUT2D eigenvalue weighted by atomic mass is 10.1. The molecule has 1 aromatic rings. The lowest BCUT2D eigenvalue weighted by Gasteiger charge is -2.05. The van der Waals surface area contributed by atoms with Gasteiger partial charge in [-0.25, -0.2) is 0 Å². The summed E-state index contributed by atoms with van der Waals surface area (Å²) in [5, 5.41) is 14.1. The van der Waals surface area contributed by atoms with Gasteiger partial charge in [-0.1, -0.05) is 6.92 Å². The molecule has 0 unspecified atom stereocenters. The van der Waals surface area contributed by atoms with E-state index in [4.69, 9.17) is 0 Å². The van der Waals surface area contributed by atoms with Crippen LogP contribution in [0.25, 0.3) is 0 Å². The smallest absolute Gasteiger partial charge is 0.300 e. The Hall–Kier alpha value is -1.72. The summed E-state index contributed by atoms with van der Waals surface area (Å²) in [4.78, 5) is 20.7. The van der Waals surface area contributed by atoms with Gasteiger partial charge in [0.15, 0.2) is 0 Å². The first-order chi connectivity index (χ1) is 6.50. The lowest BCUT2D eigenvalue weighted by Crippen LogP contribution is -2.14. The standard InChI is InChI=1S/C8H11N3O3/c1-6(7(2)12)4-10-5-8(3-9-10)11(13)14/h3,5-6H,4H2,1-2H3/t6-/m0/s1. The molecule has 0 aliphatic heterocycles. The van der Waals surface area contributed by atoms with Gasteiger partial charge in [0.2, 0.25) is 0 Å². The molecular weight excluding hydrogens is 186 g/mol.